The lowest BCUT2D eigenvalue weighted by Crippen LogP contribution is -2.59. The Morgan fingerprint density at radius 2 is 1.64 bits per heavy atom. The van der Waals surface area contributed by atoms with E-state index in [1.54, 1.807) is 0 Å². The first kappa shape index (κ1) is 20.5. The Hall–Kier alpha value is -0.860. The molecule has 0 spiro atoms. The van der Waals surface area contributed by atoms with Crippen molar-refractivity contribution in [3.63, 3.8) is 0 Å². The van der Waals surface area contributed by atoms with E-state index in [0.29, 0.717) is 26.2 Å². The number of halogens is 3. The number of piperidine rings is 1. The van der Waals surface area contributed by atoms with E-state index >= 15 is 0 Å². The molecule has 146 valence electrons. The number of nitrogens with zero attached hydrogens (tertiary/aromatic N) is 2. The third-order valence-electron chi connectivity index (χ3n) is 5.12. The first-order valence-electron chi connectivity index (χ1n) is 9.34. The van der Waals surface area contributed by atoms with Gasteiger partial charge in [0.1, 0.15) is 6.04 Å². The minimum absolute atomic E-state index is 0.0709. The molecule has 2 atom stereocenters. The molecule has 2 heterocycles. The maximum absolute atomic E-state index is 13.4. The van der Waals surface area contributed by atoms with Gasteiger partial charge in [0, 0.05) is 32.7 Å². The summed E-state index contributed by atoms with van der Waals surface area (Å²) in [5.41, 5.74) is 0. The van der Waals surface area contributed by atoms with Crippen LogP contribution < -0.4 is 10.6 Å². The molecule has 2 aliphatic heterocycles. The molecule has 0 bridgehead atoms. The van der Waals surface area contributed by atoms with E-state index in [1.165, 1.54) is 4.90 Å². The molecule has 2 fully saturated rings. The predicted octanol–water partition coefficient (Wildman–Crippen LogP) is 1.45. The van der Waals surface area contributed by atoms with Gasteiger partial charge in [-0.3, -0.25) is 14.6 Å². The fourth-order valence-electron chi connectivity index (χ4n) is 3.83. The van der Waals surface area contributed by atoms with Crippen LogP contribution in [0.1, 0.15) is 33.1 Å². The number of nitrogens with one attached hydrogen (secondary N) is 2. The largest absolute Gasteiger partial charge is 0.405 e. The molecule has 2 rings (SSSR count). The highest BCUT2D eigenvalue weighted by Gasteiger charge is 2.44. The summed E-state index contributed by atoms with van der Waals surface area (Å²) in [5, 5.41) is 5.66. The number of hydrogen-bond donors (Lipinski definition) is 2. The standard InChI is InChI=1S/C17H31F3N4O/c1-13(2)15(24-8-4-3-5-9-24)16(25)22-12-14(17(18,19)20)23-10-6-21-7-11-23/h13-15,21H,3-12H2,1-2H3,(H,22,25). The van der Waals surface area contributed by atoms with Gasteiger partial charge in [-0.15, -0.1) is 0 Å². The van der Waals surface area contributed by atoms with Crippen LogP contribution in [0.2, 0.25) is 0 Å². The van der Waals surface area contributed by atoms with E-state index in [2.05, 4.69) is 15.5 Å². The highest BCUT2D eigenvalue weighted by molar-refractivity contribution is 5.82. The Balaban J connectivity index is 1.97. The van der Waals surface area contributed by atoms with Crippen molar-refractivity contribution in [1.29, 1.82) is 0 Å². The van der Waals surface area contributed by atoms with Gasteiger partial charge in [-0.1, -0.05) is 20.3 Å². The van der Waals surface area contributed by atoms with Crippen molar-refractivity contribution in [2.24, 2.45) is 5.92 Å². The van der Waals surface area contributed by atoms with Gasteiger partial charge < -0.3 is 10.6 Å². The number of piperazine rings is 1. The lowest BCUT2D eigenvalue weighted by Gasteiger charge is -2.38. The van der Waals surface area contributed by atoms with Gasteiger partial charge in [-0.2, -0.15) is 13.2 Å². The molecular formula is C17H31F3N4O. The third kappa shape index (κ3) is 5.82. The van der Waals surface area contributed by atoms with Crippen molar-refractivity contribution >= 4 is 5.91 Å². The second kappa shape index (κ2) is 9.19. The van der Waals surface area contributed by atoms with Crippen LogP contribution >= 0.6 is 0 Å². The lowest BCUT2D eigenvalue weighted by molar-refractivity contribution is -0.184. The molecule has 2 unspecified atom stereocenters. The molecular weight excluding hydrogens is 333 g/mol. The van der Waals surface area contributed by atoms with Crippen molar-refractivity contribution in [2.45, 2.75) is 51.4 Å². The number of hydrogen-bond acceptors (Lipinski definition) is 4. The average molecular weight is 364 g/mol. The summed E-state index contributed by atoms with van der Waals surface area (Å²) in [6.07, 6.45) is -1.10. The topological polar surface area (TPSA) is 47.6 Å². The number of rotatable bonds is 6. The van der Waals surface area contributed by atoms with Crippen LogP contribution in [0.3, 0.4) is 0 Å². The fraction of sp³-hybridized carbons (Fsp3) is 0.941. The van der Waals surface area contributed by atoms with Crippen molar-refractivity contribution in [1.82, 2.24) is 20.4 Å². The van der Waals surface area contributed by atoms with E-state index in [1.807, 2.05) is 13.8 Å². The SMILES string of the molecule is CC(C)C(C(=O)NCC(N1CCNCC1)C(F)(F)F)N1CCCCC1. The molecule has 0 saturated carbocycles. The molecule has 25 heavy (non-hydrogen) atoms. The maximum atomic E-state index is 13.4. The monoisotopic (exact) mass is 364 g/mol. The highest BCUT2D eigenvalue weighted by Crippen LogP contribution is 2.25. The molecule has 0 radical (unpaired) electrons. The molecule has 2 aliphatic rings. The first-order valence-corrected chi connectivity index (χ1v) is 9.34. The van der Waals surface area contributed by atoms with E-state index in [0.717, 1.165) is 32.4 Å². The summed E-state index contributed by atoms with van der Waals surface area (Å²) in [5.74, 6) is -0.206. The number of likely N-dealkylation sites (tertiary alicyclic amines) is 1. The van der Waals surface area contributed by atoms with Crippen LogP contribution in [0.5, 0.6) is 0 Å². The minimum atomic E-state index is -4.34. The smallest absolute Gasteiger partial charge is 0.353 e. The van der Waals surface area contributed by atoms with Gasteiger partial charge in [0.2, 0.25) is 5.91 Å². The Bertz CT molecular complexity index is 419. The molecule has 0 aromatic rings. The second-order valence-electron chi connectivity index (χ2n) is 7.37. The van der Waals surface area contributed by atoms with Gasteiger partial charge >= 0.3 is 6.18 Å². The van der Waals surface area contributed by atoms with Crippen LogP contribution in [0.25, 0.3) is 0 Å². The van der Waals surface area contributed by atoms with Crippen molar-refractivity contribution in [3.05, 3.63) is 0 Å². The molecule has 5 nitrogen and oxygen atoms in total. The predicted molar refractivity (Wildman–Crippen MR) is 91.3 cm³/mol. The van der Waals surface area contributed by atoms with Crippen LogP contribution in [0.4, 0.5) is 13.2 Å². The molecule has 8 heteroatoms. The summed E-state index contributed by atoms with van der Waals surface area (Å²) < 4.78 is 40.3. The van der Waals surface area contributed by atoms with Crippen molar-refractivity contribution in [3.8, 4) is 0 Å². The fourth-order valence-corrected chi connectivity index (χ4v) is 3.83. The quantitative estimate of drug-likeness (QED) is 0.749. The van der Waals surface area contributed by atoms with Gasteiger partial charge in [0.15, 0.2) is 0 Å². The second-order valence-corrected chi connectivity index (χ2v) is 7.37. The van der Waals surface area contributed by atoms with Crippen LogP contribution in [-0.2, 0) is 4.79 Å². The molecule has 2 saturated heterocycles. The maximum Gasteiger partial charge on any atom is 0.405 e. The molecule has 0 aliphatic carbocycles. The zero-order chi connectivity index (χ0) is 18.4. The van der Waals surface area contributed by atoms with Crippen LogP contribution in [-0.4, -0.2) is 79.8 Å². The van der Waals surface area contributed by atoms with Crippen molar-refractivity contribution in [2.75, 3.05) is 45.8 Å². The van der Waals surface area contributed by atoms with Crippen LogP contribution in [0.15, 0.2) is 0 Å². The van der Waals surface area contributed by atoms with E-state index in [-0.39, 0.29) is 24.4 Å². The third-order valence-corrected chi connectivity index (χ3v) is 5.12. The summed E-state index contributed by atoms with van der Waals surface area (Å²) in [6, 6.07) is -1.97. The summed E-state index contributed by atoms with van der Waals surface area (Å²) in [4.78, 5) is 16.2. The Morgan fingerprint density at radius 1 is 1.04 bits per heavy atom. The Labute approximate surface area is 148 Å². The Morgan fingerprint density at radius 3 is 2.16 bits per heavy atom. The van der Waals surface area contributed by atoms with E-state index in [4.69, 9.17) is 0 Å². The lowest BCUT2D eigenvalue weighted by atomic mass is 9.98. The number of amides is 1. The zero-order valence-corrected chi connectivity index (χ0v) is 15.2. The van der Waals surface area contributed by atoms with Crippen molar-refractivity contribution < 1.29 is 18.0 Å². The first-order chi connectivity index (χ1) is 11.8. The van der Waals surface area contributed by atoms with E-state index < -0.39 is 12.2 Å². The number of alkyl halides is 3. The highest BCUT2D eigenvalue weighted by atomic mass is 19.4. The molecule has 2 N–H and O–H groups in total. The molecule has 0 aromatic heterocycles. The summed E-state index contributed by atoms with van der Waals surface area (Å²) >= 11 is 0. The van der Waals surface area contributed by atoms with Gasteiger partial charge in [0.25, 0.3) is 0 Å². The van der Waals surface area contributed by atoms with Gasteiger partial charge in [-0.05, 0) is 31.8 Å². The number of carbonyl (C=O) groups is 1. The molecule has 0 aromatic carbocycles. The van der Waals surface area contributed by atoms with Gasteiger partial charge in [0.05, 0.1) is 6.04 Å². The zero-order valence-electron chi connectivity index (χ0n) is 15.2. The average Bonchev–Trinajstić information content (AvgIpc) is 2.55. The number of carbonyl (C=O) groups excluding carboxylic acids is 1. The summed E-state index contributed by atoms with van der Waals surface area (Å²) in [6.45, 7) is 7.01. The van der Waals surface area contributed by atoms with Crippen LogP contribution in [0, 0.1) is 5.92 Å². The van der Waals surface area contributed by atoms with E-state index in [9.17, 15) is 18.0 Å². The Kier molecular flexibility index (Phi) is 7.51. The molecule has 1 amide bonds. The minimum Gasteiger partial charge on any atom is -0.353 e. The van der Waals surface area contributed by atoms with Gasteiger partial charge in [-0.25, -0.2) is 0 Å². The normalized spacial score (nSPS) is 23.4. The summed E-state index contributed by atoms with van der Waals surface area (Å²) in [7, 11) is 0.